The van der Waals surface area contributed by atoms with Crippen molar-refractivity contribution >= 4 is 56.9 Å². The molecule has 4 aromatic rings. The van der Waals surface area contributed by atoms with Gasteiger partial charge in [0.25, 0.3) is 0 Å². The van der Waals surface area contributed by atoms with E-state index in [2.05, 4.69) is 15.8 Å². The number of nitrogens with one attached hydrogen (secondary N) is 2. The van der Waals surface area contributed by atoms with E-state index < -0.39 is 21.8 Å². The summed E-state index contributed by atoms with van der Waals surface area (Å²) in [5.74, 6) is -1.27. The van der Waals surface area contributed by atoms with Crippen LogP contribution in [-0.4, -0.2) is 30.8 Å². The van der Waals surface area contributed by atoms with Crippen molar-refractivity contribution in [2.75, 3.05) is 5.32 Å². The second kappa shape index (κ2) is 12.9. The minimum Gasteiger partial charge on any atom is -0.459 e. The van der Waals surface area contributed by atoms with Crippen LogP contribution in [0.3, 0.4) is 0 Å². The quantitative estimate of drug-likeness (QED) is 0.152. The first-order valence-electron chi connectivity index (χ1n) is 11.9. The number of amides is 2. The molecule has 2 N–H and O–H groups in total. The van der Waals surface area contributed by atoms with Crippen LogP contribution in [0.4, 0.5) is 5.69 Å². The molecule has 1 heterocycles. The number of benzene rings is 3. The van der Waals surface area contributed by atoms with Crippen molar-refractivity contribution in [1.29, 1.82) is 0 Å². The molecule has 0 spiro atoms. The Morgan fingerprint density at radius 3 is 2.20 bits per heavy atom. The van der Waals surface area contributed by atoms with Gasteiger partial charge in [-0.3, -0.25) is 9.59 Å². The highest BCUT2D eigenvalue weighted by molar-refractivity contribution is 7.89. The van der Waals surface area contributed by atoms with Crippen molar-refractivity contribution in [2.24, 2.45) is 5.10 Å². The fourth-order valence-electron chi connectivity index (χ4n) is 3.60. The van der Waals surface area contributed by atoms with E-state index in [0.29, 0.717) is 21.5 Å². The predicted octanol–water partition coefficient (Wildman–Crippen LogP) is 5.37. The highest BCUT2D eigenvalue weighted by Gasteiger charge is 2.26. The van der Waals surface area contributed by atoms with Crippen molar-refractivity contribution in [1.82, 2.24) is 9.73 Å². The van der Waals surface area contributed by atoms with E-state index in [4.69, 9.17) is 27.6 Å². The van der Waals surface area contributed by atoms with Crippen LogP contribution >= 0.6 is 23.2 Å². The molecule has 0 atom stereocenters. The molecule has 1 aromatic heterocycles. The first-order chi connectivity index (χ1) is 19.1. The Morgan fingerprint density at radius 1 is 0.875 bits per heavy atom. The van der Waals surface area contributed by atoms with Crippen LogP contribution in [0, 0.1) is 6.92 Å². The number of hydrogen-bond acceptors (Lipinski definition) is 6. The van der Waals surface area contributed by atoms with Crippen LogP contribution in [0.15, 0.2) is 99.3 Å². The number of para-hydroxylation sites is 1. The summed E-state index contributed by atoms with van der Waals surface area (Å²) >= 11 is 11.9. The van der Waals surface area contributed by atoms with E-state index in [-0.39, 0.29) is 23.7 Å². The molecule has 0 unspecified atom stereocenters. The number of nitrogens with zero attached hydrogens (tertiary/aromatic N) is 2. The Balaban J connectivity index is 1.45. The molecule has 0 radical (unpaired) electrons. The normalized spacial score (nSPS) is 11.6. The maximum Gasteiger partial charge on any atom is 0.329 e. The largest absolute Gasteiger partial charge is 0.459 e. The minimum absolute atomic E-state index is 0.0539. The Kier molecular flexibility index (Phi) is 9.38. The van der Waals surface area contributed by atoms with Crippen molar-refractivity contribution in [3.8, 4) is 0 Å². The van der Waals surface area contributed by atoms with Crippen LogP contribution in [0.2, 0.25) is 10.0 Å². The van der Waals surface area contributed by atoms with Gasteiger partial charge >= 0.3 is 11.8 Å². The predicted molar refractivity (Wildman–Crippen MR) is 154 cm³/mol. The molecule has 4 rings (SSSR count). The molecular formula is C28H24Cl2N4O5S. The van der Waals surface area contributed by atoms with Gasteiger partial charge in [0, 0.05) is 22.3 Å². The Labute approximate surface area is 241 Å². The van der Waals surface area contributed by atoms with Crippen molar-refractivity contribution in [3.63, 3.8) is 0 Å². The van der Waals surface area contributed by atoms with Gasteiger partial charge in [-0.2, -0.15) is 9.41 Å². The molecule has 2 amide bonds. The fraction of sp³-hybridized carbons (Fsp3) is 0.107. The molecule has 9 nitrogen and oxygen atoms in total. The van der Waals surface area contributed by atoms with Gasteiger partial charge in [-0.1, -0.05) is 53.5 Å². The van der Waals surface area contributed by atoms with Gasteiger partial charge in [-0.15, -0.1) is 0 Å². The van der Waals surface area contributed by atoms with Crippen molar-refractivity contribution in [2.45, 2.75) is 24.9 Å². The van der Waals surface area contributed by atoms with E-state index in [1.807, 2.05) is 6.07 Å². The van der Waals surface area contributed by atoms with E-state index in [9.17, 15) is 18.0 Å². The lowest BCUT2D eigenvalue weighted by Crippen LogP contribution is -2.32. The summed E-state index contributed by atoms with van der Waals surface area (Å²) in [5, 5.41) is 7.22. The third-order valence-corrected chi connectivity index (χ3v) is 8.01. The van der Waals surface area contributed by atoms with Crippen LogP contribution in [-0.2, 0) is 32.7 Å². The maximum absolute atomic E-state index is 13.5. The molecule has 206 valence electrons. The second-order valence-electron chi connectivity index (χ2n) is 8.63. The fourth-order valence-corrected chi connectivity index (χ4v) is 5.24. The Morgan fingerprint density at radius 2 is 1.52 bits per heavy atom. The highest BCUT2D eigenvalue weighted by Crippen LogP contribution is 2.24. The minimum atomic E-state index is -3.94. The van der Waals surface area contributed by atoms with E-state index in [0.717, 1.165) is 11.1 Å². The molecule has 12 heteroatoms. The number of hydrogen-bond donors (Lipinski definition) is 2. The second-order valence-corrected chi connectivity index (χ2v) is 11.4. The summed E-state index contributed by atoms with van der Waals surface area (Å²) in [7, 11) is -3.94. The van der Waals surface area contributed by atoms with Gasteiger partial charge in [0.15, 0.2) is 0 Å². The lowest BCUT2D eigenvalue weighted by Gasteiger charge is -2.21. The number of carbonyl (C=O) groups excluding carboxylic acids is 2. The van der Waals surface area contributed by atoms with Gasteiger partial charge in [0.05, 0.1) is 17.7 Å². The van der Waals surface area contributed by atoms with Crippen LogP contribution in [0.1, 0.15) is 22.6 Å². The first kappa shape index (κ1) is 29.0. The standard InChI is InChI=1S/C28H24Cl2N4O5S/c1-19-4-2-3-5-26(19)32-27(35)28(36)33-31-16-23-12-13-24(39-23)18-34(17-20-6-8-21(29)9-7-20)40(37,38)25-14-10-22(30)11-15-25/h2-16H,17-18H2,1H3,(H,32,35)(H,33,36)/b31-16+. The van der Waals surface area contributed by atoms with Crippen LogP contribution in [0.25, 0.3) is 0 Å². The topological polar surface area (TPSA) is 121 Å². The molecule has 0 bridgehead atoms. The maximum atomic E-state index is 13.5. The molecule has 3 aromatic carbocycles. The van der Waals surface area contributed by atoms with E-state index in [1.54, 1.807) is 61.5 Å². The summed E-state index contributed by atoms with van der Waals surface area (Å²) in [5.41, 5.74) is 4.18. The van der Waals surface area contributed by atoms with Crippen molar-refractivity contribution in [3.05, 3.63) is 118 Å². The molecule has 0 saturated carbocycles. The monoisotopic (exact) mass is 598 g/mol. The number of anilines is 1. The van der Waals surface area contributed by atoms with Gasteiger partial charge in [0.1, 0.15) is 11.5 Å². The summed E-state index contributed by atoms with van der Waals surface area (Å²) in [6.07, 6.45) is 1.21. The third kappa shape index (κ3) is 7.57. The van der Waals surface area contributed by atoms with Crippen molar-refractivity contribution < 1.29 is 22.4 Å². The molecule has 0 aliphatic heterocycles. The average molecular weight is 599 g/mol. The van der Waals surface area contributed by atoms with Gasteiger partial charge in [-0.25, -0.2) is 13.8 Å². The number of rotatable bonds is 9. The first-order valence-corrected chi connectivity index (χ1v) is 14.1. The molecule has 0 aliphatic rings. The Hall–Kier alpha value is -3.96. The number of sulfonamides is 1. The Bertz CT molecular complexity index is 1640. The summed E-state index contributed by atoms with van der Waals surface area (Å²) < 4.78 is 34.0. The number of carbonyl (C=O) groups is 2. The van der Waals surface area contributed by atoms with Gasteiger partial charge < -0.3 is 9.73 Å². The van der Waals surface area contributed by atoms with E-state index in [1.165, 1.54) is 34.8 Å². The van der Waals surface area contributed by atoms with Crippen LogP contribution in [0.5, 0.6) is 0 Å². The lowest BCUT2D eigenvalue weighted by molar-refractivity contribution is -0.136. The molecule has 0 aliphatic carbocycles. The van der Waals surface area contributed by atoms with Crippen LogP contribution < -0.4 is 10.7 Å². The zero-order valence-corrected chi connectivity index (χ0v) is 23.5. The smallest absolute Gasteiger partial charge is 0.329 e. The number of furan rings is 1. The summed E-state index contributed by atoms with van der Waals surface area (Å²) in [6, 6.07) is 22.9. The highest BCUT2D eigenvalue weighted by atomic mass is 35.5. The zero-order chi connectivity index (χ0) is 28.7. The molecular weight excluding hydrogens is 575 g/mol. The molecule has 0 saturated heterocycles. The number of halogens is 2. The number of aryl methyl sites for hydroxylation is 1. The average Bonchev–Trinajstić information content (AvgIpc) is 3.38. The molecule has 0 fully saturated rings. The lowest BCUT2D eigenvalue weighted by atomic mass is 10.2. The summed E-state index contributed by atoms with van der Waals surface area (Å²) in [6.45, 7) is 1.77. The zero-order valence-electron chi connectivity index (χ0n) is 21.2. The third-order valence-electron chi connectivity index (χ3n) is 5.70. The van der Waals surface area contributed by atoms with Gasteiger partial charge in [-0.05, 0) is 72.6 Å². The SMILES string of the molecule is Cc1ccccc1NC(=O)C(=O)N/N=C/c1ccc(CN(Cc2ccc(Cl)cc2)S(=O)(=O)c2ccc(Cl)cc2)o1. The summed E-state index contributed by atoms with van der Waals surface area (Å²) in [4.78, 5) is 24.3. The number of hydrazone groups is 1. The molecule has 40 heavy (non-hydrogen) atoms. The van der Waals surface area contributed by atoms with E-state index >= 15 is 0 Å². The van der Waals surface area contributed by atoms with Gasteiger partial charge in [0.2, 0.25) is 10.0 Å².